The zero-order valence-electron chi connectivity index (χ0n) is 12.3. The SMILES string of the molecule is CC(C)OC(=O)c1ccc(Cl)c(NC(=O)C2C=CCN2)c1.Cl. The van der Waals surface area contributed by atoms with E-state index < -0.39 is 5.97 Å². The van der Waals surface area contributed by atoms with Crippen molar-refractivity contribution < 1.29 is 14.3 Å². The largest absolute Gasteiger partial charge is 0.459 e. The molecule has 1 atom stereocenters. The van der Waals surface area contributed by atoms with Crippen molar-refractivity contribution in [2.24, 2.45) is 0 Å². The van der Waals surface area contributed by atoms with Crippen LogP contribution < -0.4 is 10.6 Å². The van der Waals surface area contributed by atoms with E-state index >= 15 is 0 Å². The second kappa shape index (κ2) is 8.17. The van der Waals surface area contributed by atoms with Gasteiger partial charge in [0.25, 0.3) is 0 Å². The maximum absolute atomic E-state index is 12.0. The van der Waals surface area contributed by atoms with E-state index in [4.69, 9.17) is 16.3 Å². The van der Waals surface area contributed by atoms with Crippen LogP contribution in [0.2, 0.25) is 5.02 Å². The molecular weight excluding hydrogens is 327 g/mol. The summed E-state index contributed by atoms with van der Waals surface area (Å²) in [5.74, 6) is -0.670. The average molecular weight is 345 g/mol. The number of hydrogen-bond donors (Lipinski definition) is 2. The Kier molecular flexibility index (Phi) is 6.87. The first-order valence-electron chi connectivity index (χ1n) is 6.69. The Hall–Kier alpha value is -1.56. The van der Waals surface area contributed by atoms with Gasteiger partial charge in [0.1, 0.15) is 6.04 Å². The van der Waals surface area contributed by atoms with Gasteiger partial charge in [-0.05, 0) is 32.0 Å². The third-order valence-corrected chi connectivity index (χ3v) is 3.20. The van der Waals surface area contributed by atoms with Crippen LogP contribution in [0.4, 0.5) is 5.69 Å². The van der Waals surface area contributed by atoms with E-state index in [2.05, 4.69) is 10.6 Å². The predicted molar refractivity (Wildman–Crippen MR) is 88.8 cm³/mol. The van der Waals surface area contributed by atoms with Crippen LogP contribution in [0.1, 0.15) is 24.2 Å². The Morgan fingerprint density at radius 3 is 2.73 bits per heavy atom. The number of hydrogen-bond acceptors (Lipinski definition) is 4. The van der Waals surface area contributed by atoms with E-state index in [0.717, 1.165) is 0 Å². The maximum Gasteiger partial charge on any atom is 0.338 e. The first-order valence-corrected chi connectivity index (χ1v) is 7.06. The van der Waals surface area contributed by atoms with E-state index in [1.807, 2.05) is 6.08 Å². The quantitative estimate of drug-likeness (QED) is 0.651. The number of rotatable bonds is 4. The molecule has 2 rings (SSSR count). The highest BCUT2D eigenvalue weighted by molar-refractivity contribution is 6.34. The molecule has 0 saturated carbocycles. The Bertz CT molecular complexity index is 588. The van der Waals surface area contributed by atoms with Crippen molar-refractivity contribution in [2.45, 2.75) is 26.0 Å². The Morgan fingerprint density at radius 1 is 1.41 bits per heavy atom. The highest BCUT2D eigenvalue weighted by Gasteiger charge is 2.19. The van der Waals surface area contributed by atoms with Crippen LogP contribution in [0.3, 0.4) is 0 Å². The van der Waals surface area contributed by atoms with Crippen molar-refractivity contribution in [1.82, 2.24) is 5.32 Å². The Labute approximate surface area is 140 Å². The summed E-state index contributed by atoms with van der Waals surface area (Å²) in [4.78, 5) is 23.9. The first kappa shape index (κ1) is 18.5. The van der Waals surface area contributed by atoms with Gasteiger partial charge < -0.3 is 10.1 Å². The number of ether oxygens (including phenoxy) is 1. The molecule has 0 fully saturated rings. The van der Waals surface area contributed by atoms with Gasteiger partial charge >= 0.3 is 5.97 Å². The lowest BCUT2D eigenvalue weighted by Crippen LogP contribution is -2.35. The van der Waals surface area contributed by atoms with E-state index in [0.29, 0.717) is 22.8 Å². The highest BCUT2D eigenvalue weighted by atomic mass is 35.5. The number of carbonyl (C=O) groups is 2. The molecule has 0 radical (unpaired) electrons. The third-order valence-electron chi connectivity index (χ3n) is 2.87. The molecule has 1 amide bonds. The summed E-state index contributed by atoms with van der Waals surface area (Å²) in [6, 6.07) is 4.26. The van der Waals surface area contributed by atoms with Crippen LogP contribution in [0, 0.1) is 0 Å². The fourth-order valence-electron chi connectivity index (χ4n) is 1.89. The summed E-state index contributed by atoms with van der Waals surface area (Å²) in [6.45, 7) is 4.20. The molecule has 1 aromatic rings. The molecular formula is C15H18Cl2N2O3. The van der Waals surface area contributed by atoms with Gasteiger partial charge in [-0.15, -0.1) is 12.4 Å². The highest BCUT2D eigenvalue weighted by Crippen LogP contribution is 2.24. The summed E-state index contributed by atoms with van der Waals surface area (Å²) in [5, 5.41) is 6.08. The second-order valence-corrected chi connectivity index (χ2v) is 5.36. The molecule has 1 unspecified atom stereocenters. The zero-order chi connectivity index (χ0) is 15.4. The van der Waals surface area contributed by atoms with E-state index in [1.165, 1.54) is 6.07 Å². The first-order chi connectivity index (χ1) is 9.97. The molecule has 7 heteroatoms. The number of esters is 1. The molecule has 1 aliphatic heterocycles. The van der Waals surface area contributed by atoms with Crippen LogP contribution >= 0.6 is 24.0 Å². The van der Waals surface area contributed by atoms with Crippen molar-refractivity contribution in [3.05, 3.63) is 40.9 Å². The topological polar surface area (TPSA) is 67.4 Å². The van der Waals surface area contributed by atoms with Gasteiger partial charge in [0, 0.05) is 6.54 Å². The van der Waals surface area contributed by atoms with Gasteiger partial charge in [0.05, 0.1) is 22.4 Å². The number of benzene rings is 1. The minimum atomic E-state index is -0.448. The van der Waals surface area contributed by atoms with Crippen LogP contribution in [0.15, 0.2) is 30.4 Å². The van der Waals surface area contributed by atoms with Crippen molar-refractivity contribution in [3.8, 4) is 0 Å². The summed E-state index contributed by atoms with van der Waals surface area (Å²) >= 11 is 6.05. The lowest BCUT2D eigenvalue weighted by molar-refractivity contribution is -0.116. The lowest BCUT2D eigenvalue weighted by atomic mass is 10.2. The lowest BCUT2D eigenvalue weighted by Gasteiger charge is -2.13. The Balaban J connectivity index is 0.00000242. The smallest absolute Gasteiger partial charge is 0.338 e. The van der Waals surface area contributed by atoms with Crippen molar-refractivity contribution in [2.75, 3.05) is 11.9 Å². The zero-order valence-corrected chi connectivity index (χ0v) is 13.8. The molecule has 1 aliphatic rings. The minimum absolute atomic E-state index is 0. The molecule has 22 heavy (non-hydrogen) atoms. The summed E-state index contributed by atoms with van der Waals surface area (Å²) in [7, 11) is 0. The van der Waals surface area contributed by atoms with Crippen LogP contribution in [0.5, 0.6) is 0 Å². The van der Waals surface area contributed by atoms with E-state index in [9.17, 15) is 9.59 Å². The summed E-state index contributed by atoms with van der Waals surface area (Å²) in [6.07, 6.45) is 3.45. The monoisotopic (exact) mass is 344 g/mol. The van der Waals surface area contributed by atoms with Gasteiger partial charge in [0.2, 0.25) is 5.91 Å². The summed E-state index contributed by atoms with van der Waals surface area (Å²) < 4.78 is 5.12. The summed E-state index contributed by atoms with van der Waals surface area (Å²) in [5.41, 5.74) is 0.736. The maximum atomic E-state index is 12.0. The third kappa shape index (κ3) is 4.73. The standard InChI is InChI=1S/C15H17ClN2O3.ClH/c1-9(2)21-15(20)10-5-6-11(16)13(8-10)18-14(19)12-4-3-7-17-12;/h3-6,8-9,12,17H,7H2,1-2H3,(H,18,19);1H. The molecule has 1 heterocycles. The van der Waals surface area contributed by atoms with Crippen LogP contribution in [-0.4, -0.2) is 30.6 Å². The van der Waals surface area contributed by atoms with Gasteiger partial charge in [-0.25, -0.2) is 4.79 Å². The van der Waals surface area contributed by atoms with E-state index in [1.54, 1.807) is 32.1 Å². The molecule has 5 nitrogen and oxygen atoms in total. The van der Waals surface area contributed by atoms with Gasteiger partial charge in [-0.2, -0.15) is 0 Å². The van der Waals surface area contributed by atoms with Crippen molar-refractivity contribution >= 4 is 41.6 Å². The minimum Gasteiger partial charge on any atom is -0.459 e. The molecule has 1 aromatic carbocycles. The fraction of sp³-hybridized carbons (Fsp3) is 0.333. The normalized spacial score (nSPS) is 16.3. The number of amides is 1. The van der Waals surface area contributed by atoms with Crippen molar-refractivity contribution in [1.29, 1.82) is 0 Å². The predicted octanol–water partition coefficient (Wildman–Crippen LogP) is 2.79. The van der Waals surface area contributed by atoms with Crippen LogP contribution in [-0.2, 0) is 9.53 Å². The molecule has 0 spiro atoms. The number of anilines is 1. The van der Waals surface area contributed by atoms with Gasteiger partial charge in [0.15, 0.2) is 0 Å². The molecule has 0 aliphatic carbocycles. The number of nitrogens with one attached hydrogen (secondary N) is 2. The van der Waals surface area contributed by atoms with Crippen LogP contribution in [0.25, 0.3) is 0 Å². The van der Waals surface area contributed by atoms with Gasteiger partial charge in [-0.3, -0.25) is 10.1 Å². The molecule has 2 N–H and O–H groups in total. The van der Waals surface area contributed by atoms with Gasteiger partial charge in [-0.1, -0.05) is 23.8 Å². The number of halogens is 2. The van der Waals surface area contributed by atoms with E-state index in [-0.39, 0.29) is 30.5 Å². The molecule has 120 valence electrons. The fourth-order valence-corrected chi connectivity index (χ4v) is 2.05. The molecule has 0 aromatic heterocycles. The molecule has 0 saturated heterocycles. The Morgan fingerprint density at radius 2 is 2.14 bits per heavy atom. The van der Waals surface area contributed by atoms with Crippen molar-refractivity contribution in [3.63, 3.8) is 0 Å². The second-order valence-electron chi connectivity index (χ2n) is 4.95. The molecule has 0 bridgehead atoms. The number of carbonyl (C=O) groups excluding carboxylic acids is 2. The average Bonchev–Trinajstić information content (AvgIpc) is 2.94.